The largest absolute Gasteiger partial charge is 0.490 e. The first-order valence-electron chi connectivity index (χ1n) is 7.52. The molecule has 0 radical (unpaired) electrons. The van der Waals surface area contributed by atoms with Gasteiger partial charge in [-0.15, -0.1) is 0 Å². The summed E-state index contributed by atoms with van der Waals surface area (Å²) in [6.45, 7) is 7.61. The summed E-state index contributed by atoms with van der Waals surface area (Å²) in [7, 11) is 0. The average molecular weight is 303 g/mol. The van der Waals surface area contributed by atoms with E-state index in [2.05, 4.69) is 5.32 Å². The molecule has 2 rings (SSSR count). The van der Waals surface area contributed by atoms with Gasteiger partial charge in [-0.25, -0.2) is 0 Å². The van der Waals surface area contributed by atoms with Crippen molar-refractivity contribution in [1.29, 1.82) is 0 Å². The number of ether oxygens (including phenoxy) is 1. The van der Waals surface area contributed by atoms with Crippen LogP contribution in [-0.2, 0) is 6.18 Å². The third kappa shape index (κ3) is 5.23. The number of alkyl halides is 3. The predicted molar refractivity (Wildman–Crippen MR) is 78.5 cm³/mol. The van der Waals surface area contributed by atoms with Gasteiger partial charge >= 0.3 is 6.18 Å². The van der Waals surface area contributed by atoms with Crippen LogP contribution in [0.3, 0.4) is 0 Å². The summed E-state index contributed by atoms with van der Waals surface area (Å²) in [5, 5.41) is 3.24. The van der Waals surface area contributed by atoms with Crippen molar-refractivity contribution >= 4 is 0 Å². The highest BCUT2D eigenvalue weighted by atomic mass is 19.4. The number of piperidine rings is 1. The van der Waals surface area contributed by atoms with Crippen LogP contribution in [0.25, 0.3) is 0 Å². The van der Waals surface area contributed by atoms with Crippen molar-refractivity contribution in [3.05, 3.63) is 29.8 Å². The number of benzene rings is 1. The van der Waals surface area contributed by atoms with Crippen LogP contribution in [0, 0.1) is 5.92 Å². The van der Waals surface area contributed by atoms with Crippen molar-refractivity contribution in [3.63, 3.8) is 0 Å². The molecule has 1 aromatic rings. The normalized spacial score (nSPS) is 20.2. The van der Waals surface area contributed by atoms with Gasteiger partial charge in [0.25, 0.3) is 0 Å². The van der Waals surface area contributed by atoms with Crippen LogP contribution in [0.4, 0.5) is 13.2 Å². The maximum atomic E-state index is 12.8. The molecule has 0 saturated carbocycles. The molecule has 1 fully saturated rings. The summed E-state index contributed by atoms with van der Waals surface area (Å²) in [6, 6.07) is 5.38. The monoisotopic (exact) mass is 303 g/mol. The summed E-state index contributed by atoms with van der Waals surface area (Å²) >= 11 is 0. The molecule has 0 aliphatic carbocycles. The summed E-state index contributed by atoms with van der Waals surface area (Å²) in [5.41, 5.74) is -0.703. The van der Waals surface area contributed by atoms with Crippen molar-refractivity contribution in [3.8, 4) is 5.75 Å². The van der Waals surface area contributed by atoms with Crippen molar-refractivity contribution < 1.29 is 17.9 Å². The Labute approximate surface area is 124 Å². The molecule has 2 atom stereocenters. The highest BCUT2D eigenvalue weighted by molar-refractivity contribution is 5.35. The summed E-state index contributed by atoms with van der Waals surface area (Å²) in [6.07, 6.45) is -2.57. The molecule has 1 N–H and O–H groups in total. The fourth-order valence-corrected chi connectivity index (χ4v) is 2.38. The van der Waals surface area contributed by atoms with Gasteiger partial charge in [-0.05, 0) is 38.4 Å². The number of nitrogens with one attached hydrogen (secondary N) is 1. The van der Waals surface area contributed by atoms with E-state index in [1.165, 1.54) is 12.1 Å². The number of halogens is 3. The molecular weight excluding hydrogens is 279 g/mol. The Morgan fingerprint density at radius 3 is 2.48 bits per heavy atom. The van der Waals surface area contributed by atoms with Crippen LogP contribution in [0.1, 0.15) is 39.2 Å². The smallest absolute Gasteiger partial charge is 0.419 e. The van der Waals surface area contributed by atoms with Crippen molar-refractivity contribution in [2.24, 2.45) is 5.92 Å². The minimum absolute atomic E-state index is 0.0759. The van der Waals surface area contributed by atoms with E-state index >= 15 is 0 Å². The summed E-state index contributed by atoms with van der Waals surface area (Å²) in [4.78, 5) is 0. The third-order valence-electron chi connectivity index (χ3n) is 3.50. The topological polar surface area (TPSA) is 21.3 Å². The molecule has 1 heterocycles. The quantitative estimate of drug-likeness (QED) is 0.888. The molecule has 120 valence electrons. The molecule has 2 unspecified atom stereocenters. The maximum Gasteiger partial charge on any atom is 0.419 e. The lowest BCUT2D eigenvalue weighted by molar-refractivity contribution is -0.139. The molecule has 1 aromatic carbocycles. The number of rotatable bonds is 3. The van der Waals surface area contributed by atoms with Crippen LogP contribution in [0.2, 0.25) is 0 Å². The summed E-state index contributed by atoms with van der Waals surface area (Å²) in [5.74, 6) is 0.183. The van der Waals surface area contributed by atoms with E-state index in [0.29, 0.717) is 0 Å². The SMILES string of the molecule is CC.CC(Oc1ccccc1C(F)(F)F)C1CCCNC1. The fraction of sp³-hybridized carbons (Fsp3) is 0.625. The minimum Gasteiger partial charge on any atom is -0.490 e. The van der Waals surface area contributed by atoms with Gasteiger partial charge in [0.05, 0.1) is 11.7 Å². The Morgan fingerprint density at radius 2 is 1.90 bits per heavy atom. The first-order valence-corrected chi connectivity index (χ1v) is 7.52. The molecule has 0 spiro atoms. The number of hydrogen-bond acceptors (Lipinski definition) is 2. The van der Waals surface area contributed by atoms with E-state index in [1.54, 1.807) is 6.07 Å². The predicted octanol–water partition coefficient (Wildman–Crippen LogP) is 4.50. The molecule has 2 nitrogen and oxygen atoms in total. The van der Waals surface area contributed by atoms with Crippen LogP contribution >= 0.6 is 0 Å². The molecule has 21 heavy (non-hydrogen) atoms. The molecule has 0 aromatic heterocycles. The number of para-hydroxylation sites is 1. The second kappa shape index (κ2) is 8.27. The van der Waals surface area contributed by atoms with E-state index in [1.807, 2.05) is 20.8 Å². The lowest BCUT2D eigenvalue weighted by Gasteiger charge is -2.29. The molecular formula is C16H24F3NO. The highest BCUT2D eigenvalue weighted by Crippen LogP contribution is 2.36. The van der Waals surface area contributed by atoms with E-state index < -0.39 is 11.7 Å². The average Bonchev–Trinajstić information content (AvgIpc) is 2.49. The van der Waals surface area contributed by atoms with Gasteiger partial charge in [0.1, 0.15) is 5.75 Å². The van der Waals surface area contributed by atoms with Crippen molar-refractivity contribution in [2.45, 2.75) is 45.9 Å². The van der Waals surface area contributed by atoms with Gasteiger partial charge in [-0.1, -0.05) is 26.0 Å². The third-order valence-corrected chi connectivity index (χ3v) is 3.50. The van der Waals surface area contributed by atoms with Crippen LogP contribution in [0.15, 0.2) is 24.3 Å². The molecule has 1 saturated heterocycles. The van der Waals surface area contributed by atoms with Gasteiger partial charge in [0, 0.05) is 12.5 Å². The van der Waals surface area contributed by atoms with Crippen LogP contribution < -0.4 is 10.1 Å². The Balaban J connectivity index is 0.00000106. The zero-order valence-electron chi connectivity index (χ0n) is 12.8. The highest BCUT2D eigenvalue weighted by Gasteiger charge is 2.35. The van der Waals surface area contributed by atoms with Gasteiger partial charge < -0.3 is 10.1 Å². The van der Waals surface area contributed by atoms with E-state index in [4.69, 9.17) is 4.74 Å². The molecule has 0 bridgehead atoms. The lowest BCUT2D eigenvalue weighted by atomic mass is 9.94. The second-order valence-corrected chi connectivity index (χ2v) is 4.92. The van der Waals surface area contributed by atoms with Crippen molar-refractivity contribution in [2.75, 3.05) is 13.1 Å². The fourth-order valence-electron chi connectivity index (χ4n) is 2.38. The minimum atomic E-state index is -4.37. The van der Waals surface area contributed by atoms with E-state index in [9.17, 15) is 13.2 Å². The molecule has 1 aliphatic rings. The Kier molecular flexibility index (Phi) is 7.02. The zero-order chi connectivity index (χ0) is 15.9. The van der Waals surface area contributed by atoms with Crippen LogP contribution in [0.5, 0.6) is 5.75 Å². The van der Waals surface area contributed by atoms with Crippen molar-refractivity contribution in [1.82, 2.24) is 5.32 Å². The van der Waals surface area contributed by atoms with E-state index in [0.717, 1.165) is 32.0 Å². The molecule has 1 aliphatic heterocycles. The van der Waals surface area contributed by atoms with Gasteiger partial charge in [-0.2, -0.15) is 13.2 Å². The molecule has 5 heteroatoms. The van der Waals surface area contributed by atoms with Gasteiger partial charge in [0.2, 0.25) is 0 Å². The second-order valence-electron chi connectivity index (χ2n) is 4.92. The molecule has 0 amide bonds. The Hall–Kier alpha value is -1.23. The van der Waals surface area contributed by atoms with E-state index in [-0.39, 0.29) is 17.8 Å². The first kappa shape index (κ1) is 17.8. The maximum absolute atomic E-state index is 12.8. The first-order chi connectivity index (χ1) is 9.98. The lowest BCUT2D eigenvalue weighted by Crippen LogP contribution is -2.38. The summed E-state index contributed by atoms with van der Waals surface area (Å²) < 4.78 is 44.1. The Morgan fingerprint density at radius 1 is 1.24 bits per heavy atom. The standard InChI is InChI=1S/C14H18F3NO.C2H6/c1-10(11-5-4-8-18-9-11)19-13-7-3-2-6-12(13)14(15,16)17;1-2/h2-3,6-7,10-11,18H,4-5,8-9H2,1H3;1-2H3. The van der Waals surface area contributed by atoms with Gasteiger partial charge in [0.15, 0.2) is 0 Å². The zero-order valence-corrected chi connectivity index (χ0v) is 12.8. The Bertz CT molecular complexity index is 414. The number of hydrogen-bond donors (Lipinski definition) is 1. The van der Waals surface area contributed by atoms with Crippen LogP contribution in [-0.4, -0.2) is 19.2 Å². The van der Waals surface area contributed by atoms with Gasteiger partial charge in [-0.3, -0.25) is 0 Å².